The molecule has 1 fully saturated rings. The number of carbonyl (C=O) groups excluding carboxylic acids is 1. The minimum Gasteiger partial charge on any atom is -0.367 e. The Kier molecular flexibility index (Phi) is 5.72. The molecule has 1 heterocycles. The summed E-state index contributed by atoms with van der Waals surface area (Å²) >= 11 is 0. The van der Waals surface area contributed by atoms with Crippen LogP contribution in [0.3, 0.4) is 0 Å². The molecular weight excluding hydrogens is 298 g/mol. The summed E-state index contributed by atoms with van der Waals surface area (Å²) in [5.74, 6) is 0. The molecular formula is C20H25N3O. The van der Waals surface area contributed by atoms with Gasteiger partial charge in [-0.1, -0.05) is 48.5 Å². The van der Waals surface area contributed by atoms with E-state index in [1.165, 1.54) is 17.7 Å². The molecule has 0 aliphatic carbocycles. The van der Waals surface area contributed by atoms with Gasteiger partial charge in [-0.15, -0.1) is 0 Å². The van der Waals surface area contributed by atoms with Crippen LogP contribution in [0, 0.1) is 0 Å². The van der Waals surface area contributed by atoms with E-state index in [0.717, 1.165) is 19.4 Å². The number of hydrogen-bond donors (Lipinski definition) is 2. The van der Waals surface area contributed by atoms with Crippen molar-refractivity contribution in [2.45, 2.75) is 25.3 Å². The second-order valence-corrected chi connectivity index (χ2v) is 6.20. The summed E-state index contributed by atoms with van der Waals surface area (Å²) in [5, 5.41) is 5.96. The van der Waals surface area contributed by atoms with Crippen molar-refractivity contribution in [3.8, 4) is 0 Å². The number of para-hydroxylation sites is 1. The predicted octanol–water partition coefficient (Wildman–Crippen LogP) is 3.20. The zero-order valence-corrected chi connectivity index (χ0v) is 13.9. The highest BCUT2D eigenvalue weighted by Gasteiger charge is 2.24. The molecule has 2 N–H and O–H groups in total. The molecule has 0 aromatic heterocycles. The first-order valence-electron chi connectivity index (χ1n) is 8.70. The van der Waals surface area contributed by atoms with Crippen LogP contribution >= 0.6 is 0 Å². The number of urea groups is 1. The highest BCUT2D eigenvalue weighted by atomic mass is 16.2. The van der Waals surface area contributed by atoms with E-state index < -0.39 is 0 Å². The molecule has 3 rings (SSSR count). The minimum atomic E-state index is -0.0779. The zero-order valence-electron chi connectivity index (χ0n) is 13.9. The van der Waals surface area contributed by atoms with Crippen LogP contribution in [0.4, 0.5) is 10.5 Å². The number of nitrogens with one attached hydrogen (secondary N) is 2. The zero-order chi connectivity index (χ0) is 16.6. The number of benzene rings is 2. The van der Waals surface area contributed by atoms with Gasteiger partial charge in [0.1, 0.15) is 0 Å². The van der Waals surface area contributed by atoms with Gasteiger partial charge >= 0.3 is 6.03 Å². The first-order chi connectivity index (χ1) is 11.8. The summed E-state index contributed by atoms with van der Waals surface area (Å²) in [5.41, 5.74) is 2.48. The van der Waals surface area contributed by atoms with E-state index in [4.69, 9.17) is 0 Å². The Morgan fingerprint density at radius 3 is 2.46 bits per heavy atom. The summed E-state index contributed by atoms with van der Waals surface area (Å²) in [6, 6.07) is 20.9. The molecule has 2 amide bonds. The molecule has 4 heteroatoms. The maximum atomic E-state index is 12.0. The number of carbonyl (C=O) groups is 1. The van der Waals surface area contributed by atoms with Crippen molar-refractivity contribution < 1.29 is 4.79 Å². The van der Waals surface area contributed by atoms with Gasteiger partial charge in [0.05, 0.1) is 0 Å². The van der Waals surface area contributed by atoms with Gasteiger partial charge in [0, 0.05) is 31.4 Å². The largest absolute Gasteiger partial charge is 0.367 e. The minimum absolute atomic E-state index is 0.0779. The Labute approximate surface area is 143 Å². The van der Waals surface area contributed by atoms with Gasteiger partial charge in [0.15, 0.2) is 0 Å². The second kappa shape index (κ2) is 8.39. The Morgan fingerprint density at radius 1 is 1.00 bits per heavy atom. The fourth-order valence-corrected chi connectivity index (χ4v) is 3.25. The van der Waals surface area contributed by atoms with Crippen molar-refractivity contribution in [2.75, 3.05) is 24.5 Å². The lowest BCUT2D eigenvalue weighted by molar-refractivity contribution is 0.240. The number of anilines is 1. The monoisotopic (exact) mass is 323 g/mol. The standard InChI is InChI=1S/C20H25N3O/c24-20(21-14-13-17-8-3-1-4-9-17)22-16-19-12-7-15-23(19)18-10-5-2-6-11-18/h1-6,8-11,19H,7,12-16H2,(H2,21,22,24)/t19-/m0/s1. The molecule has 1 aliphatic rings. The Morgan fingerprint density at radius 2 is 1.71 bits per heavy atom. The van der Waals surface area contributed by atoms with Crippen LogP contribution < -0.4 is 15.5 Å². The summed E-state index contributed by atoms with van der Waals surface area (Å²) in [6.45, 7) is 2.40. The van der Waals surface area contributed by atoms with Crippen LogP contribution in [-0.2, 0) is 6.42 Å². The second-order valence-electron chi connectivity index (χ2n) is 6.20. The van der Waals surface area contributed by atoms with Crippen LogP contribution in [0.25, 0.3) is 0 Å². The molecule has 2 aromatic carbocycles. The van der Waals surface area contributed by atoms with Gasteiger partial charge in [-0.2, -0.15) is 0 Å². The third-order valence-electron chi connectivity index (χ3n) is 4.51. The van der Waals surface area contributed by atoms with Gasteiger partial charge in [-0.25, -0.2) is 4.79 Å². The molecule has 24 heavy (non-hydrogen) atoms. The summed E-state index contributed by atoms with van der Waals surface area (Å²) in [7, 11) is 0. The molecule has 0 bridgehead atoms. The van der Waals surface area contributed by atoms with Gasteiger partial charge < -0.3 is 15.5 Å². The molecule has 126 valence electrons. The van der Waals surface area contributed by atoms with Crippen LogP contribution in [0.5, 0.6) is 0 Å². The number of amides is 2. The van der Waals surface area contributed by atoms with Crippen molar-refractivity contribution >= 4 is 11.7 Å². The van der Waals surface area contributed by atoms with E-state index in [9.17, 15) is 4.79 Å². The summed E-state index contributed by atoms with van der Waals surface area (Å²) in [6.07, 6.45) is 3.16. The molecule has 2 aromatic rings. The third-order valence-corrected chi connectivity index (χ3v) is 4.51. The first-order valence-corrected chi connectivity index (χ1v) is 8.70. The lowest BCUT2D eigenvalue weighted by Crippen LogP contribution is -2.44. The highest BCUT2D eigenvalue weighted by molar-refractivity contribution is 5.73. The van der Waals surface area contributed by atoms with Gasteiger partial charge in [-0.05, 0) is 37.0 Å². The van der Waals surface area contributed by atoms with Gasteiger partial charge in [-0.3, -0.25) is 0 Å². The molecule has 1 aliphatic heterocycles. The van der Waals surface area contributed by atoms with E-state index in [1.807, 2.05) is 24.3 Å². The van der Waals surface area contributed by atoms with Gasteiger partial charge in [0.2, 0.25) is 0 Å². The SMILES string of the molecule is O=C(NCCc1ccccc1)NC[C@@H]1CCCN1c1ccccc1. The van der Waals surface area contributed by atoms with Crippen LogP contribution in [0.1, 0.15) is 18.4 Å². The Hall–Kier alpha value is -2.49. The fraction of sp³-hybridized carbons (Fsp3) is 0.350. The predicted molar refractivity (Wildman–Crippen MR) is 98.4 cm³/mol. The Bertz CT molecular complexity index is 630. The van der Waals surface area contributed by atoms with E-state index in [2.05, 4.69) is 51.9 Å². The summed E-state index contributed by atoms with van der Waals surface area (Å²) in [4.78, 5) is 14.4. The molecule has 1 saturated heterocycles. The third kappa shape index (κ3) is 4.51. The highest BCUT2D eigenvalue weighted by Crippen LogP contribution is 2.24. The smallest absolute Gasteiger partial charge is 0.314 e. The quantitative estimate of drug-likeness (QED) is 0.857. The fourth-order valence-electron chi connectivity index (χ4n) is 3.25. The number of rotatable bonds is 6. The molecule has 0 saturated carbocycles. The van der Waals surface area contributed by atoms with Gasteiger partial charge in [0.25, 0.3) is 0 Å². The van der Waals surface area contributed by atoms with Crippen molar-refractivity contribution in [3.05, 3.63) is 66.2 Å². The van der Waals surface area contributed by atoms with Crippen LogP contribution in [-0.4, -0.2) is 31.7 Å². The van der Waals surface area contributed by atoms with Crippen molar-refractivity contribution in [3.63, 3.8) is 0 Å². The van der Waals surface area contributed by atoms with Crippen molar-refractivity contribution in [1.82, 2.24) is 10.6 Å². The lowest BCUT2D eigenvalue weighted by Gasteiger charge is -2.27. The molecule has 1 atom stereocenters. The van der Waals surface area contributed by atoms with Crippen LogP contribution in [0.2, 0.25) is 0 Å². The number of nitrogens with zero attached hydrogens (tertiary/aromatic N) is 1. The maximum Gasteiger partial charge on any atom is 0.314 e. The van der Waals surface area contributed by atoms with E-state index in [1.54, 1.807) is 0 Å². The van der Waals surface area contributed by atoms with Crippen molar-refractivity contribution in [2.24, 2.45) is 0 Å². The Balaban J connectivity index is 1.41. The molecule has 0 radical (unpaired) electrons. The van der Waals surface area contributed by atoms with Crippen molar-refractivity contribution in [1.29, 1.82) is 0 Å². The number of hydrogen-bond acceptors (Lipinski definition) is 2. The molecule has 0 unspecified atom stereocenters. The normalized spacial score (nSPS) is 16.8. The van der Waals surface area contributed by atoms with E-state index in [-0.39, 0.29) is 6.03 Å². The molecule has 0 spiro atoms. The lowest BCUT2D eigenvalue weighted by atomic mass is 10.1. The topological polar surface area (TPSA) is 44.4 Å². The molecule has 4 nitrogen and oxygen atoms in total. The maximum absolute atomic E-state index is 12.0. The first kappa shape index (κ1) is 16.4. The van der Waals surface area contributed by atoms with E-state index in [0.29, 0.717) is 19.1 Å². The summed E-state index contributed by atoms with van der Waals surface area (Å²) < 4.78 is 0. The average Bonchev–Trinajstić information content (AvgIpc) is 3.10. The van der Waals surface area contributed by atoms with E-state index >= 15 is 0 Å². The van der Waals surface area contributed by atoms with Crippen LogP contribution in [0.15, 0.2) is 60.7 Å². The average molecular weight is 323 g/mol.